The van der Waals surface area contributed by atoms with Gasteiger partial charge >= 0.3 is 0 Å². The lowest BCUT2D eigenvalue weighted by Gasteiger charge is -2.26. The van der Waals surface area contributed by atoms with Gasteiger partial charge in [0, 0.05) is 11.7 Å². The van der Waals surface area contributed by atoms with Crippen molar-refractivity contribution in [1.29, 1.82) is 0 Å². The van der Waals surface area contributed by atoms with Crippen molar-refractivity contribution in [1.82, 2.24) is 0 Å². The van der Waals surface area contributed by atoms with E-state index in [0.29, 0.717) is 27.3 Å². The Balaban J connectivity index is 1.63. The van der Waals surface area contributed by atoms with Gasteiger partial charge in [-0.3, -0.25) is 4.79 Å². The summed E-state index contributed by atoms with van der Waals surface area (Å²) >= 11 is 14.1. The second-order valence-electron chi connectivity index (χ2n) is 7.01. The molecule has 1 amide bonds. The average Bonchev–Trinajstić information content (AvgIpc) is 3.13. The van der Waals surface area contributed by atoms with E-state index >= 15 is 0 Å². The summed E-state index contributed by atoms with van der Waals surface area (Å²) in [7, 11) is -3.16. The van der Waals surface area contributed by atoms with E-state index in [2.05, 4.69) is 4.99 Å². The summed E-state index contributed by atoms with van der Waals surface area (Å²) in [6.07, 6.45) is 0.862. The third-order valence-electron chi connectivity index (χ3n) is 4.94. The fourth-order valence-electron chi connectivity index (χ4n) is 3.60. The number of amidine groups is 1. The van der Waals surface area contributed by atoms with Crippen molar-refractivity contribution < 1.29 is 13.2 Å². The normalized spacial score (nSPS) is 24.1. The Labute approximate surface area is 184 Å². The highest BCUT2D eigenvalue weighted by molar-refractivity contribution is 8.16. The Morgan fingerprint density at radius 3 is 2.45 bits per heavy atom. The molecule has 2 heterocycles. The summed E-state index contributed by atoms with van der Waals surface area (Å²) < 4.78 is 24.3. The predicted octanol–water partition coefficient (Wildman–Crippen LogP) is 4.23. The summed E-state index contributed by atoms with van der Waals surface area (Å²) in [5.41, 5.74) is 1.57. The number of rotatable bonds is 4. The first-order chi connectivity index (χ1) is 13.8. The standard InChI is InChI=1S/C20H18Cl2N2O3S2/c21-14-7-4-8-15(22)19(14)24-16-11-29(26,27)12-17(16)28-20(24)23-18(25)10-9-13-5-2-1-3-6-13/h1-8,16-17H,9-12H2/t16-,17-/m0/s1. The molecule has 2 aliphatic heterocycles. The summed E-state index contributed by atoms with van der Waals surface area (Å²) in [4.78, 5) is 18.6. The molecule has 0 aliphatic carbocycles. The van der Waals surface area contributed by atoms with Crippen molar-refractivity contribution >= 4 is 61.6 Å². The van der Waals surface area contributed by atoms with Crippen LogP contribution in [-0.4, -0.2) is 42.3 Å². The second-order valence-corrected chi connectivity index (χ2v) is 11.2. The van der Waals surface area contributed by atoms with Gasteiger partial charge < -0.3 is 4.90 Å². The second kappa shape index (κ2) is 8.30. The molecule has 2 saturated heterocycles. The molecular weight excluding hydrogens is 451 g/mol. The van der Waals surface area contributed by atoms with Gasteiger partial charge in [0.2, 0.25) is 5.91 Å². The zero-order valence-corrected chi connectivity index (χ0v) is 18.4. The number of aliphatic imine (C=N–C) groups is 1. The molecule has 0 unspecified atom stereocenters. The van der Waals surface area contributed by atoms with Crippen molar-refractivity contribution in [2.24, 2.45) is 4.99 Å². The number of fused-ring (bicyclic) bond motifs is 1. The number of carbonyl (C=O) groups excluding carboxylic acids is 1. The Hall–Kier alpha value is -1.54. The lowest BCUT2D eigenvalue weighted by Crippen LogP contribution is -2.38. The Morgan fingerprint density at radius 1 is 1.07 bits per heavy atom. The van der Waals surface area contributed by atoms with Gasteiger partial charge in [0.1, 0.15) is 0 Å². The maximum absolute atomic E-state index is 12.6. The number of benzene rings is 2. The third kappa shape index (κ3) is 4.48. The molecule has 29 heavy (non-hydrogen) atoms. The van der Waals surface area contributed by atoms with Crippen molar-refractivity contribution in [3.8, 4) is 0 Å². The number of amides is 1. The summed E-state index contributed by atoms with van der Waals surface area (Å²) in [5.74, 6) is -0.214. The number of anilines is 1. The zero-order valence-electron chi connectivity index (χ0n) is 15.3. The van der Waals surface area contributed by atoms with Crippen molar-refractivity contribution in [3.05, 3.63) is 64.1 Å². The van der Waals surface area contributed by atoms with Crippen LogP contribution in [0.15, 0.2) is 53.5 Å². The van der Waals surface area contributed by atoms with Gasteiger partial charge in [0.25, 0.3) is 0 Å². The number of para-hydroxylation sites is 1. The summed E-state index contributed by atoms with van der Waals surface area (Å²) in [6.45, 7) is 0. The van der Waals surface area contributed by atoms with Crippen LogP contribution in [0.4, 0.5) is 5.69 Å². The molecule has 2 atom stereocenters. The number of aryl methyl sites for hydroxylation is 1. The lowest BCUT2D eigenvalue weighted by atomic mass is 10.1. The van der Waals surface area contributed by atoms with Gasteiger partial charge in [-0.05, 0) is 24.1 Å². The van der Waals surface area contributed by atoms with Gasteiger partial charge in [-0.1, -0.05) is 71.4 Å². The Morgan fingerprint density at radius 2 is 1.76 bits per heavy atom. The van der Waals surface area contributed by atoms with Crippen LogP contribution in [0.25, 0.3) is 0 Å². The molecule has 2 aromatic rings. The summed E-state index contributed by atoms with van der Waals surface area (Å²) in [5, 5.41) is 1.05. The quantitative estimate of drug-likeness (QED) is 0.671. The van der Waals surface area contributed by atoms with Crippen LogP contribution in [0.2, 0.25) is 10.0 Å². The minimum absolute atomic E-state index is 0.0105. The Kier molecular flexibility index (Phi) is 5.93. The van der Waals surface area contributed by atoms with E-state index in [-0.39, 0.29) is 35.1 Å². The largest absolute Gasteiger partial charge is 0.313 e. The minimum atomic E-state index is -3.16. The van der Waals surface area contributed by atoms with Crippen LogP contribution in [-0.2, 0) is 21.1 Å². The number of hydrogen-bond donors (Lipinski definition) is 0. The maximum Gasteiger partial charge on any atom is 0.248 e. The van der Waals surface area contributed by atoms with Crippen LogP contribution >= 0.6 is 35.0 Å². The number of hydrogen-bond acceptors (Lipinski definition) is 4. The topological polar surface area (TPSA) is 66.8 Å². The van der Waals surface area contributed by atoms with Gasteiger partial charge in [-0.25, -0.2) is 8.42 Å². The van der Waals surface area contributed by atoms with E-state index in [1.807, 2.05) is 30.3 Å². The lowest BCUT2D eigenvalue weighted by molar-refractivity contribution is -0.117. The number of thioether (sulfide) groups is 1. The molecule has 0 aromatic heterocycles. The first kappa shape index (κ1) is 20.7. The van der Waals surface area contributed by atoms with Crippen molar-refractivity contribution in [2.45, 2.75) is 24.1 Å². The fraction of sp³-hybridized carbons (Fsp3) is 0.300. The highest BCUT2D eigenvalue weighted by Crippen LogP contribution is 2.45. The van der Waals surface area contributed by atoms with Crippen molar-refractivity contribution in [3.63, 3.8) is 0 Å². The van der Waals surface area contributed by atoms with Crippen molar-refractivity contribution in [2.75, 3.05) is 16.4 Å². The molecule has 9 heteroatoms. The first-order valence-electron chi connectivity index (χ1n) is 9.10. The van der Waals surface area contributed by atoms with E-state index in [1.165, 1.54) is 11.8 Å². The average molecular weight is 469 g/mol. The number of carbonyl (C=O) groups is 1. The maximum atomic E-state index is 12.6. The fourth-order valence-corrected chi connectivity index (χ4v) is 8.10. The van der Waals surface area contributed by atoms with Gasteiger partial charge in [0.05, 0.1) is 33.3 Å². The van der Waals surface area contributed by atoms with Crippen LogP contribution < -0.4 is 4.90 Å². The first-order valence-corrected chi connectivity index (χ1v) is 12.6. The third-order valence-corrected chi connectivity index (χ3v) is 8.76. The molecule has 2 fully saturated rings. The molecule has 0 spiro atoms. The molecule has 0 radical (unpaired) electrons. The molecule has 152 valence electrons. The van der Waals surface area contributed by atoms with E-state index in [4.69, 9.17) is 23.2 Å². The predicted molar refractivity (Wildman–Crippen MR) is 120 cm³/mol. The highest BCUT2D eigenvalue weighted by atomic mass is 35.5. The number of sulfone groups is 1. The minimum Gasteiger partial charge on any atom is -0.313 e. The van der Waals surface area contributed by atoms with Gasteiger partial charge in [-0.15, -0.1) is 0 Å². The van der Waals surface area contributed by atoms with E-state index in [0.717, 1.165) is 5.56 Å². The zero-order chi connectivity index (χ0) is 20.6. The number of halogens is 2. The highest BCUT2D eigenvalue weighted by Gasteiger charge is 2.50. The van der Waals surface area contributed by atoms with Crippen LogP contribution in [0.5, 0.6) is 0 Å². The van der Waals surface area contributed by atoms with Crippen LogP contribution in [0, 0.1) is 0 Å². The molecule has 0 bridgehead atoms. The number of nitrogens with zero attached hydrogens (tertiary/aromatic N) is 2. The van der Waals surface area contributed by atoms with E-state index in [1.54, 1.807) is 23.1 Å². The van der Waals surface area contributed by atoms with Gasteiger partial charge in [-0.2, -0.15) is 4.99 Å². The smallest absolute Gasteiger partial charge is 0.248 e. The van der Waals surface area contributed by atoms with E-state index in [9.17, 15) is 13.2 Å². The molecular formula is C20H18Cl2N2O3S2. The molecule has 2 aliphatic rings. The molecule has 0 N–H and O–H groups in total. The Bertz CT molecular complexity index is 1050. The van der Waals surface area contributed by atoms with Gasteiger partial charge in [0.15, 0.2) is 15.0 Å². The molecule has 4 rings (SSSR count). The molecule has 5 nitrogen and oxygen atoms in total. The SMILES string of the molecule is O=C(CCc1ccccc1)N=C1S[C@H]2CS(=O)(=O)C[C@@H]2N1c1c(Cl)cccc1Cl. The monoisotopic (exact) mass is 468 g/mol. The summed E-state index contributed by atoms with van der Waals surface area (Å²) in [6, 6.07) is 14.5. The van der Waals surface area contributed by atoms with E-state index < -0.39 is 9.84 Å². The van der Waals surface area contributed by atoms with Crippen LogP contribution in [0.3, 0.4) is 0 Å². The molecule has 2 aromatic carbocycles. The molecule has 0 saturated carbocycles. The van der Waals surface area contributed by atoms with Crippen LogP contribution in [0.1, 0.15) is 12.0 Å².